The zero-order valence-corrected chi connectivity index (χ0v) is 6.13. The SMILES string of the molecule is Nc1c(F)cc(F)c(F)c1S. The number of thiol groups is 1. The largest absolute Gasteiger partial charge is 0.395 e. The van der Waals surface area contributed by atoms with Crippen LogP contribution < -0.4 is 5.73 Å². The van der Waals surface area contributed by atoms with Gasteiger partial charge in [0.15, 0.2) is 11.6 Å². The normalized spacial score (nSPS) is 10.2. The number of nitrogen functional groups attached to an aromatic ring is 1. The average molecular weight is 179 g/mol. The summed E-state index contributed by atoms with van der Waals surface area (Å²) in [5.41, 5.74) is 4.51. The van der Waals surface area contributed by atoms with E-state index >= 15 is 0 Å². The van der Waals surface area contributed by atoms with Crippen molar-refractivity contribution in [2.45, 2.75) is 4.90 Å². The molecule has 5 heteroatoms. The highest BCUT2D eigenvalue weighted by atomic mass is 32.1. The van der Waals surface area contributed by atoms with E-state index in [0.29, 0.717) is 6.07 Å². The standard InChI is InChI=1S/C6H4F3NS/c7-2-1-3(8)5(10)6(11)4(2)9/h1,11H,10H2. The Bertz CT molecular complexity index is 274. The molecular formula is C6H4F3NS. The summed E-state index contributed by atoms with van der Waals surface area (Å²) >= 11 is 3.47. The van der Waals surface area contributed by atoms with Crippen molar-refractivity contribution >= 4 is 18.3 Å². The summed E-state index contributed by atoms with van der Waals surface area (Å²) in [6.45, 7) is 0. The molecule has 0 aliphatic heterocycles. The molecule has 1 aromatic rings. The van der Waals surface area contributed by atoms with E-state index in [9.17, 15) is 13.2 Å². The number of hydrogen-bond acceptors (Lipinski definition) is 2. The lowest BCUT2D eigenvalue weighted by Gasteiger charge is -2.01. The monoisotopic (exact) mass is 179 g/mol. The summed E-state index contributed by atoms with van der Waals surface area (Å²) in [7, 11) is 0. The molecule has 0 fully saturated rings. The molecule has 0 radical (unpaired) electrons. The molecule has 11 heavy (non-hydrogen) atoms. The minimum absolute atomic E-state index is 0.379. The average Bonchev–Trinajstić information content (AvgIpc) is 1.97. The minimum atomic E-state index is -1.29. The molecule has 0 saturated heterocycles. The minimum Gasteiger partial charge on any atom is -0.395 e. The Morgan fingerprint density at radius 3 is 2.27 bits per heavy atom. The van der Waals surface area contributed by atoms with E-state index in [2.05, 4.69) is 12.6 Å². The lowest BCUT2D eigenvalue weighted by molar-refractivity contribution is 0.480. The number of halogens is 3. The highest BCUT2D eigenvalue weighted by Crippen LogP contribution is 2.25. The van der Waals surface area contributed by atoms with Gasteiger partial charge in [0.05, 0.1) is 10.6 Å². The maximum absolute atomic E-state index is 12.5. The van der Waals surface area contributed by atoms with Crippen molar-refractivity contribution in [1.29, 1.82) is 0 Å². The van der Waals surface area contributed by atoms with Crippen LogP contribution in [-0.2, 0) is 0 Å². The smallest absolute Gasteiger partial charge is 0.174 e. The van der Waals surface area contributed by atoms with Gasteiger partial charge in [0, 0.05) is 6.07 Å². The molecule has 0 amide bonds. The summed E-state index contributed by atoms with van der Waals surface area (Å²) in [6, 6.07) is 0.379. The second-order valence-corrected chi connectivity index (χ2v) is 2.36. The van der Waals surface area contributed by atoms with Gasteiger partial charge in [0.2, 0.25) is 0 Å². The summed E-state index contributed by atoms with van der Waals surface area (Å²) in [6.07, 6.45) is 0. The third-order valence-electron chi connectivity index (χ3n) is 1.18. The first kappa shape index (κ1) is 8.26. The molecule has 0 saturated carbocycles. The first-order chi connectivity index (χ1) is 5.04. The molecule has 0 bridgehead atoms. The van der Waals surface area contributed by atoms with Crippen LogP contribution in [0.15, 0.2) is 11.0 Å². The summed E-state index contributed by atoms with van der Waals surface area (Å²) < 4.78 is 37.2. The molecule has 0 heterocycles. The van der Waals surface area contributed by atoms with Crippen LogP contribution in [0.1, 0.15) is 0 Å². The Labute approximate surface area is 66.4 Å². The van der Waals surface area contributed by atoms with Crippen molar-refractivity contribution < 1.29 is 13.2 Å². The van der Waals surface area contributed by atoms with Crippen LogP contribution in [0, 0.1) is 17.5 Å². The Morgan fingerprint density at radius 2 is 1.73 bits per heavy atom. The van der Waals surface area contributed by atoms with E-state index in [0.717, 1.165) is 0 Å². The maximum Gasteiger partial charge on any atom is 0.174 e. The van der Waals surface area contributed by atoms with Crippen LogP contribution >= 0.6 is 12.6 Å². The zero-order chi connectivity index (χ0) is 8.59. The summed E-state index contributed by atoms with van der Waals surface area (Å²) in [4.78, 5) is -0.498. The number of anilines is 1. The number of rotatable bonds is 0. The molecule has 0 unspecified atom stereocenters. The molecule has 1 aromatic carbocycles. The number of nitrogens with two attached hydrogens (primary N) is 1. The molecule has 0 aliphatic carbocycles. The molecule has 1 rings (SSSR count). The Morgan fingerprint density at radius 1 is 1.18 bits per heavy atom. The van der Waals surface area contributed by atoms with E-state index < -0.39 is 28.0 Å². The van der Waals surface area contributed by atoms with Gasteiger partial charge >= 0.3 is 0 Å². The maximum atomic E-state index is 12.5. The third kappa shape index (κ3) is 1.28. The van der Waals surface area contributed by atoms with Gasteiger partial charge in [-0.05, 0) is 0 Å². The fourth-order valence-corrected chi connectivity index (χ4v) is 0.810. The van der Waals surface area contributed by atoms with Crippen molar-refractivity contribution in [3.05, 3.63) is 23.5 Å². The van der Waals surface area contributed by atoms with Crippen LogP contribution in [-0.4, -0.2) is 0 Å². The van der Waals surface area contributed by atoms with Gasteiger partial charge in [0.1, 0.15) is 5.82 Å². The molecule has 0 atom stereocenters. The van der Waals surface area contributed by atoms with Crippen LogP contribution in [0.3, 0.4) is 0 Å². The quantitative estimate of drug-likeness (QED) is 0.355. The fraction of sp³-hybridized carbons (Fsp3) is 0. The summed E-state index contributed by atoms with van der Waals surface area (Å²) in [5.74, 6) is -3.53. The highest BCUT2D eigenvalue weighted by molar-refractivity contribution is 7.80. The van der Waals surface area contributed by atoms with Crippen molar-refractivity contribution in [1.82, 2.24) is 0 Å². The Balaban J connectivity index is 3.46. The van der Waals surface area contributed by atoms with Crippen LogP contribution in [0.2, 0.25) is 0 Å². The highest BCUT2D eigenvalue weighted by Gasteiger charge is 2.13. The lowest BCUT2D eigenvalue weighted by Crippen LogP contribution is -1.97. The Hall–Kier alpha value is -0.840. The third-order valence-corrected chi connectivity index (χ3v) is 1.62. The first-order valence-electron chi connectivity index (χ1n) is 2.66. The van der Waals surface area contributed by atoms with E-state index in [1.807, 2.05) is 0 Å². The predicted octanol–water partition coefficient (Wildman–Crippen LogP) is 1.97. The van der Waals surface area contributed by atoms with E-state index in [1.54, 1.807) is 0 Å². The molecule has 2 N–H and O–H groups in total. The predicted molar refractivity (Wildman–Crippen MR) is 38.0 cm³/mol. The van der Waals surface area contributed by atoms with Crippen molar-refractivity contribution in [3.63, 3.8) is 0 Å². The van der Waals surface area contributed by atoms with Crippen LogP contribution in [0.5, 0.6) is 0 Å². The first-order valence-corrected chi connectivity index (χ1v) is 3.10. The van der Waals surface area contributed by atoms with Crippen LogP contribution in [0.4, 0.5) is 18.9 Å². The van der Waals surface area contributed by atoms with Crippen LogP contribution in [0.25, 0.3) is 0 Å². The molecule has 1 nitrogen and oxygen atoms in total. The van der Waals surface area contributed by atoms with Gasteiger partial charge in [-0.15, -0.1) is 12.6 Å². The fourth-order valence-electron chi connectivity index (χ4n) is 0.597. The van der Waals surface area contributed by atoms with Crippen molar-refractivity contribution in [2.75, 3.05) is 5.73 Å². The van der Waals surface area contributed by atoms with E-state index in [4.69, 9.17) is 5.73 Å². The van der Waals surface area contributed by atoms with Gasteiger partial charge in [-0.25, -0.2) is 13.2 Å². The van der Waals surface area contributed by atoms with Crippen molar-refractivity contribution in [2.24, 2.45) is 0 Å². The second-order valence-electron chi connectivity index (χ2n) is 1.92. The lowest BCUT2D eigenvalue weighted by atomic mass is 10.3. The second kappa shape index (κ2) is 2.65. The zero-order valence-electron chi connectivity index (χ0n) is 5.24. The Kier molecular flexibility index (Phi) is 1.99. The van der Waals surface area contributed by atoms with Gasteiger partial charge in [-0.2, -0.15) is 0 Å². The van der Waals surface area contributed by atoms with E-state index in [1.165, 1.54) is 0 Å². The molecule has 60 valence electrons. The topological polar surface area (TPSA) is 26.0 Å². The van der Waals surface area contributed by atoms with Gasteiger partial charge < -0.3 is 5.73 Å². The molecule has 0 aliphatic rings. The molecular weight excluding hydrogens is 175 g/mol. The van der Waals surface area contributed by atoms with Gasteiger partial charge in [-0.1, -0.05) is 0 Å². The summed E-state index contributed by atoms with van der Waals surface area (Å²) in [5, 5.41) is 0. The molecule has 0 spiro atoms. The van der Waals surface area contributed by atoms with Gasteiger partial charge in [0.25, 0.3) is 0 Å². The molecule has 0 aromatic heterocycles. The van der Waals surface area contributed by atoms with E-state index in [-0.39, 0.29) is 0 Å². The number of hydrogen-bond donors (Lipinski definition) is 2. The van der Waals surface area contributed by atoms with Gasteiger partial charge in [-0.3, -0.25) is 0 Å². The number of benzene rings is 1. The van der Waals surface area contributed by atoms with Crippen molar-refractivity contribution in [3.8, 4) is 0 Å².